The van der Waals surface area contributed by atoms with Crippen LogP contribution >= 0.6 is 0 Å². The van der Waals surface area contributed by atoms with Crippen molar-refractivity contribution in [1.82, 2.24) is 9.80 Å². The van der Waals surface area contributed by atoms with Crippen LogP contribution in [0.25, 0.3) is 11.1 Å². The van der Waals surface area contributed by atoms with E-state index in [1.165, 1.54) is 47.2 Å². The van der Waals surface area contributed by atoms with E-state index >= 15 is 0 Å². The van der Waals surface area contributed by atoms with Crippen LogP contribution in [0.2, 0.25) is 0 Å². The maximum atomic E-state index is 13.2. The second-order valence-electron chi connectivity index (χ2n) is 10.8. The van der Waals surface area contributed by atoms with Crippen LogP contribution in [0.5, 0.6) is 0 Å². The average Bonchev–Trinajstić information content (AvgIpc) is 3.31. The largest absolute Gasteiger partial charge is 0.481 e. The minimum absolute atomic E-state index is 0.0331. The molecule has 1 aliphatic carbocycles. The lowest BCUT2D eigenvalue weighted by Gasteiger charge is -2.35. The molecule has 186 valence electrons. The van der Waals surface area contributed by atoms with E-state index in [0.717, 1.165) is 38.3 Å². The molecule has 1 amide bonds. The highest BCUT2D eigenvalue weighted by Crippen LogP contribution is 2.34. The number of fused-ring (bicyclic) bond motifs is 1. The quantitative estimate of drug-likeness (QED) is 0.629. The molecule has 0 spiro atoms. The molecular formula is C30H38N2O3. The van der Waals surface area contributed by atoms with Crippen LogP contribution < -0.4 is 0 Å². The van der Waals surface area contributed by atoms with E-state index in [1.807, 2.05) is 4.90 Å². The van der Waals surface area contributed by atoms with E-state index in [2.05, 4.69) is 54.3 Å². The topological polar surface area (TPSA) is 60.9 Å². The van der Waals surface area contributed by atoms with Gasteiger partial charge in [-0.25, -0.2) is 0 Å². The Morgan fingerprint density at radius 3 is 2.34 bits per heavy atom. The first kappa shape index (κ1) is 24.1. The van der Waals surface area contributed by atoms with Gasteiger partial charge in [-0.3, -0.25) is 9.59 Å². The summed E-state index contributed by atoms with van der Waals surface area (Å²) in [5.74, 6) is -1.68. The zero-order chi connectivity index (χ0) is 24.4. The van der Waals surface area contributed by atoms with Crippen LogP contribution in [0.15, 0.2) is 42.5 Å². The molecule has 1 saturated heterocycles. The lowest BCUT2D eigenvalue weighted by atomic mass is 9.78. The van der Waals surface area contributed by atoms with E-state index in [4.69, 9.17) is 0 Å². The van der Waals surface area contributed by atoms with Gasteiger partial charge in [0.1, 0.15) is 0 Å². The van der Waals surface area contributed by atoms with Crippen molar-refractivity contribution < 1.29 is 14.7 Å². The van der Waals surface area contributed by atoms with E-state index in [0.29, 0.717) is 25.9 Å². The van der Waals surface area contributed by atoms with Crippen LogP contribution in [-0.2, 0) is 29.0 Å². The van der Waals surface area contributed by atoms with Crippen LogP contribution in [0.3, 0.4) is 0 Å². The van der Waals surface area contributed by atoms with Gasteiger partial charge in [-0.2, -0.15) is 0 Å². The smallest absolute Gasteiger partial charge is 0.307 e. The number of aliphatic carboxylic acids is 1. The molecular weight excluding hydrogens is 436 g/mol. The van der Waals surface area contributed by atoms with Gasteiger partial charge in [-0.15, -0.1) is 0 Å². The molecule has 5 nitrogen and oxygen atoms in total. The molecule has 0 radical (unpaired) electrons. The van der Waals surface area contributed by atoms with Gasteiger partial charge in [-0.05, 0) is 79.8 Å². The maximum absolute atomic E-state index is 13.2. The Kier molecular flexibility index (Phi) is 7.24. The fourth-order valence-corrected chi connectivity index (χ4v) is 6.34. The van der Waals surface area contributed by atoms with E-state index in [-0.39, 0.29) is 11.8 Å². The van der Waals surface area contributed by atoms with Gasteiger partial charge in [-0.1, -0.05) is 55.3 Å². The third-order valence-corrected chi connectivity index (χ3v) is 8.60. The molecule has 5 rings (SSSR count). The molecule has 0 bridgehead atoms. The van der Waals surface area contributed by atoms with E-state index < -0.39 is 11.9 Å². The highest BCUT2D eigenvalue weighted by atomic mass is 16.4. The maximum Gasteiger partial charge on any atom is 0.307 e. The Hall–Kier alpha value is -2.66. The normalized spacial score (nSPS) is 24.8. The molecule has 2 aromatic rings. The highest BCUT2D eigenvalue weighted by molar-refractivity contribution is 5.85. The van der Waals surface area contributed by atoms with Gasteiger partial charge in [0, 0.05) is 25.7 Å². The fraction of sp³-hybridized carbons (Fsp3) is 0.533. The summed E-state index contributed by atoms with van der Waals surface area (Å²) in [5.41, 5.74) is 6.34. The van der Waals surface area contributed by atoms with Crippen molar-refractivity contribution in [2.45, 2.75) is 70.9 Å². The number of carboxylic acids is 1. The van der Waals surface area contributed by atoms with Crippen LogP contribution in [0.1, 0.15) is 62.1 Å². The molecule has 1 saturated carbocycles. The zero-order valence-corrected chi connectivity index (χ0v) is 20.9. The average molecular weight is 475 g/mol. The van der Waals surface area contributed by atoms with Crippen molar-refractivity contribution in [3.05, 3.63) is 59.2 Å². The number of hydrogen-bond acceptors (Lipinski definition) is 3. The summed E-state index contributed by atoms with van der Waals surface area (Å²) in [5, 5.41) is 9.59. The fourth-order valence-electron chi connectivity index (χ4n) is 6.34. The third kappa shape index (κ3) is 5.30. The minimum atomic E-state index is -0.818. The van der Waals surface area contributed by atoms with E-state index in [1.54, 1.807) is 0 Å². The summed E-state index contributed by atoms with van der Waals surface area (Å²) in [6.07, 6.45) is 7.75. The van der Waals surface area contributed by atoms with Gasteiger partial charge in [0.05, 0.1) is 11.8 Å². The predicted molar refractivity (Wildman–Crippen MR) is 138 cm³/mol. The van der Waals surface area contributed by atoms with Gasteiger partial charge < -0.3 is 14.9 Å². The first-order valence-electron chi connectivity index (χ1n) is 13.5. The Bertz CT molecular complexity index is 1060. The number of carbonyl (C=O) groups is 2. The second-order valence-corrected chi connectivity index (χ2v) is 10.8. The van der Waals surface area contributed by atoms with Crippen LogP contribution in [-0.4, -0.2) is 52.5 Å². The van der Waals surface area contributed by atoms with Gasteiger partial charge in [0.25, 0.3) is 0 Å². The standard InChI is InChI=1S/C30H38N2O3/c1-21-5-4-16-31(21)17-14-22-8-10-23(11-9-22)24-12-13-26-20-32(18-15-25(26)19-24)29(33)27-6-2-3-7-28(27)30(34)35/h8-13,19,21,27-28H,2-7,14-18,20H2,1H3,(H,34,35)/t21-,27-,28-/m1/s1. The summed E-state index contributed by atoms with van der Waals surface area (Å²) < 4.78 is 0. The highest BCUT2D eigenvalue weighted by Gasteiger charge is 2.38. The summed E-state index contributed by atoms with van der Waals surface area (Å²) >= 11 is 0. The van der Waals surface area contributed by atoms with Gasteiger partial charge in [0.15, 0.2) is 0 Å². The van der Waals surface area contributed by atoms with E-state index in [9.17, 15) is 14.7 Å². The molecule has 5 heteroatoms. The van der Waals surface area contributed by atoms with Crippen molar-refractivity contribution in [1.29, 1.82) is 0 Å². The molecule has 1 N–H and O–H groups in total. The molecule has 35 heavy (non-hydrogen) atoms. The first-order valence-corrected chi connectivity index (χ1v) is 13.5. The van der Waals surface area contributed by atoms with Crippen molar-refractivity contribution in [2.75, 3.05) is 19.6 Å². The minimum Gasteiger partial charge on any atom is -0.481 e. The first-order chi connectivity index (χ1) is 17.0. The second kappa shape index (κ2) is 10.5. The molecule has 0 unspecified atom stereocenters. The number of carboxylic acid groups (broad SMARTS) is 1. The van der Waals surface area contributed by atoms with Gasteiger partial charge in [0.2, 0.25) is 5.91 Å². The predicted octanol–water partition coefficient (Wildman–Crippen LogP) is 5.16. The summed E-state index contributed by atoms with van der Waals surface area (Å²) in [4.78, 5) is 29.4. The summed E-state index contributed by atoms with van der Waals surface area (Å²) in [7, 11) is 0. The molecule has 3 aliphatic rings. The molecule has 2 fully saturated rings. The Morgan fingerprint density at radius 2 is 1.63 bits per heavy atom. The molecule has 2 heterocycles. The Morgan fingerprint density at radius 1 is 0.886 bits per heavy atom. The Balaban J connectivity index is 1.22. The van der Waals surface area contributed by atoms with Crippen molar-refractivity contribution in [3.8, 4) is 11.1 Å². The summed E-state index contributed by atoms with van der Waals surface area (Å²) in [6.45, 7) is 5.97. The number of carbonyl (C=O) groups excluding carboxylic acids is 1. The van der Waals surface area contributed by atoms with Crippen molar-refractivity contribution in [3.63, 3.8) is 0 Å². The number of amides is 1. The number of nitrogens with zero attached hydrogens (tertiary/aromatic N) is 2. The lowest BCUT2D eigenvalue weighted by Crippen LogP contribution is -2.44. The molecule has 0 aromatic heterocycles. The number of rotatable bonds is 6. The number of likely N-dealkylation sites (tertiary alicyclic amines) is 1. The number of hydrogen-bond donors (Lipinski definition) is 1. The van der Waals surface area contributed by atoms with Gasteiger partial charge >= 0.3 is 5.97 Å². The number of benzene rings is 2. The van der Waals surface area contributed by atoms with Crippen molar-refractivity contribution >= 4 is 11.9 Å². The Labute approximate surface area is 209 Å². The van der Waals surface area contributed by atoms with Crippen LogP contribution in [0.4, 0.5) is 0 Å². The molecule has 2 aliphatic heterocycles. The molecule has 2 aromatic carbocycles. The third-order valence-electron chi connectivity index (χ3n) is 8.60. The zero-order valence-electron chi connectivity index (χ0n) is 20.9. The molecule has 3 atom stereocenters. The lowest BCUT2D eigenvalue weighted by molar-refractivity contribution is -0.152. The van der Waals surface area contributed by atoms with Crippen LogP contribution in [0, 0.1) is 11.8 Å². The monoisotopic (exact) mass is 474 g/mol. The summed E-state index contributed by atoms with van der Waals surface area (Å²) in [6, 6.07) is 16.3. The van der Waals surface area contributed by atoms with Crippen molar-refractivity contribution in [2.24, 2.45) is 11.8 Å². The SMILES string of the molecule is C[C@@H]1CCCN1CCc1ccc(-c2ccc3c(c2)CCN(C(=O)[C@@H]2CCCC[C@H]2C(=O)O)C3)cc1.